The number of hydrogen-bond acceptors (Lipinski definition) is 5. The van der Waals surface area contributed by atoms with Crippen molar-refractivity contribution in [1.29, 1.82) is 5.26 Å². The summed E-state index contributed by atoms with van der Waals surface area (Å²) < 4.78 is 10.6. The number of pyridine rings is 1. The van der Waals surface area contributed by atoms with Gasteiger partial charge in [-0.15, -0.1) is 0 Å². The quantitative estimate of drug-likeness (QED) is 0.891. The van der Waals surface area contributed by atoms with E-state index in [4.69, 9.17) is 20.5 Å². The van der Waals surface area contributed by atoms with Crippen LogP contribution in [0.25, 0.3) is 0 Å². The number of rotatable bonds is 3. The molecule has 0 spiro atoms. The van der Waals surface area contributed by atoms with Gasteiger partial charge in [0.2, 0.25) is 5.88 Å². The summed E-state index contributed by atoms with van der Waals surface area (Å²) in [7, 11) is 1.57. The van der Waals surface area contributed by atoms with Crippen molar-refractivity contribution in [1.82, 2.24) is 4.98 Å². The standard InChI is InChI=1S/C13H11N3O2/c1-17-11-3-2-4-12(6-11)18-13-9(7-14)5-10(15)8-16-13/h2-6,8H,15H2,1H3. The van der Waals surface area contributed by atoms with Crippen molar-refractivity contribution in [3.63, 3.8) is 0 Å². The normalized spacial score (nSPS) is 9.56. The monoisotopic (exact) mass is 241 g/mol. The molecule has 5 heteroatoms. The van der Waals surface area contributed by atoms with Crippen molar-refractivity contribution < 1.29 is 9.47 Å². The van der Waals surface area contributed by atoms with E-state index in [1.54, 1.807) is 31.4 Å². The molecule has 0 fully saturated rings. The van der Waals surface area contributed by atoms with Crippen LogP contribution in [0.2, 0.25) is 0 Å². The van der Waals surface area contributed by atoms with Crippen molar-refractivity contribution in [2.75, 3.05) is 12.8 Å². The molecule has 0 unspecified atom stereocenters. The molecule has 0 atom stereocenters. The molecule has 18 heavy (non-hydrogen) atoms. The number of anilines is 1. The van der Waals surface area contributed by atoms with Crippen LogP contribution in [0.3, 0.4) is 0 Å². The molecular weight excluding hydrogens is 230 g/mol. The maximum atomic E-state index is 8.97. The number of benzene rings is 1. The SMILES string of the molecule is COc1cccc(Oc2ncc(N)cc2C#N)c1. The van der Waals surface area contributed by atoms with Gasteiger partial charge in [-0.2, -0.15) is 5.26 Å². The van der Waals surface area contributed by atoms with E-state index in [9.17, 15) is 0 Å². The number of nitrogens with two attached hydrogens (primary N) is 1. The van der Waals surface area contributed by atoms with Crippen LogP contribution in [-0.4, -0.2) is 12.1 Å². The average Bonchev–Trinajstić information content (AvgIpc) is 2.41. The van der Waals surface area contributed by atoms with Crippen LogP contribution in [0.1, 0.15) is 5.56 Å². The summed E-state index contributed by atoms with van der Waals surface area (Å²) in [5, 5.41) is 8.97. The van der Waals surface area contributed by atoms with Gasteiger partial charge in [-0.05, 0) is 18.2 Å². The molecule has 1 aromatic carbocycles. The first kappa shape index (κ1) is 11.7. The van der Waals surface area contributed by atoms with E-state index in [1.165, 1.54) is 12.3 Å². The van der Waals surface area contributed by atoms with Crippen LogP contribution >= 0.6 is 0 Å². The zero-order chi connectivity index (χ0) is 13.0. The number of ether oxygens (including phenoxy) is 2. The second kappa shape index (κ2) is 5.06. The van der Waals surface area contributed by atoms with Crippen molar-refractivity contribution in [3.8, 4) is 23.4 Å². The van der Waals surface area contributed by atoms with E-state index in [2.05, 4.69) is 4.98 Å². The van der Waals surface area contributed by atoms with Gasteiger partial charge in [0.15, 0.2) is 0 Å². The second-order valence-electron chi connectivity index (χ2n) is 3.51. The van der Waals surface area contributed by atoms with Gasteiger partial charge in [-0.1, -0.05) is 6.07 Å². The van der Waals surface area contributed by atoms with Crippen molar-refractivity contribution in [2.45, 2.75) is 0 Å². The number of nitrogen functional groups attached to an aromatic ring is 1. The molecule has 0 amide bonds. The summed E-state index contributed by atoms with van der Waals surface area (Å²) in [4.78, 5) is 3.99. The summed E-state index contributed by atoms with van der Waals surface area (Å²) >= 11 is 0. The highest BCUT2D eigenvalue weighted by molar-refractivity contribution is 5.49. The molecule has 2 aromatic rings. The molecule has 5 nitrogen and oxygen atoms in total. The third kappa shape index (κ3) is 2.50. The highest BCUT2D eigenvalue weighted by Crippen LogP contribution is 2.26. The molecule has 0 bridgehead atoms. The Bertz CT molecular complexity index is 605. The lowest BCUT2D eigenvalue weighted by Gasteiger charge is -2.07. The van der Waals surface area contributed by atoms with E-state index >= 15 is 0 Å². The maximum Gasteiger partial charge on any atom is 0.237 e. The lowest BCUT2D eigenvalue weighted by molar-refractivity contribution is 0.407. The van der Waals surface area contributed by atoms with Gasteiger partial charge in [-0.3, -0.25) is 0 Å². The molecule has 0 radical (unpaired) electrons. The second-order valence-corrected chi connectivity index (χ2v) is 3.51. The van der Waals surface area contributed by atoms with Gasteiger partial charge in [0.05, 0.1) is 19.0 Å². The molecule has 2 rings (SSSR count). The van der Waals surface area contributed by atoms with Gasteiger partial charge >= 0.3 is 0 Å². The van der Waals surface area contributed by atoms with Gasteiger partial charge in [-0.25, -0.2) is 4.98 Å². The summed E-state index contributed by atoms with van der Waals surface area (Å²) in [6.45, 7) is 0. The molecule has 2 N–H and O–H groups in total. The number of hydrogen-bond donors (Lipinski definition) is 1. The summed E-state index contributed by atoms with van der Waals surface area (Å²) in [6, 6.07) is 10.6. The minimum absolute atomic E-state index is 0.222. The molecular formula is C13H11N3O2. The minimum Gasteiger partial charge on any atom is -0.497 e. The van der Waals surface area contributed by atoms with Crippen LogP contribution in [-0.2, 0) is 0 Å². The predicted octanol–water partition coefficient (Wildman–Crippen LogP) is 2.34. The van der Waals surface area contributed by atoms with E-state index in [-0.39, 0.29) is 11.4 Å². The molecule has 1 aromatic heterocycles. The third-order valence-corrected chi connectivity index (χ3v) is 2.25. The molecule has 1 heterocycles. The fourth-order valence-electron chi connectivity index (χ4n) is 1.41. The maximum absolute atomic E-state index is 8.97. The van der Waals surface area contributed by atoms with E-state index in [0.29, 0.717) is 17.2 Å². The lowest BCUT2D eigenvalue weighted by Crippen LogP contribution is -1.95. The van der Waals surface area contributed by atoms with Crippen LogP contribution < -0.4 is 15.2 Å². The van der Waals surface area contributed by atoms with Crippen molar-refractivity contribution in [3.05, 3.63) is 42.1 Å². The molecule has 0 aliphatic carbocycles. The Balaban J connectivity index is 2.31. The van der Waals surface area contributed by atoms with Crippen molar-refractivity contribution in [2.24, 2.45) is 0 Å². The zero-order valence-corrected chi connectivity index (χ0v) is 9.75. The summed E-state index contributed by atoms with van der Waals surface area (Å²) in [5.74, 6) is 1.43. The topological polar surface area (TPSA) is 81.2 Å². The molecule has 90 valence electrons. The van der Waals surface area contributed by atoms with Gasteiger partial charge in [0, 0.05) is 6.07 Å². The van der Waals surface area contributed by atoms with Crippen molar-refractivity contribution >= 4 is 5.69 Å². The van der Waals surface area contributed by atoms with Gasteiger partial charge < -0.3 is 15.2 Å². The highest BCUT2D eigenvalue weighted by Gasteiger charge is 2.07. The summed E-state index contributed by atoms with van der Waals surface area (Å²) in [5.41, 5.74) is 6.26. The number of aromatic nitrogens is 1. The molecule has 0 saturated heterocycles. The largest absolute Gasteiger partial charge is 0.497 e. The first-order valence-electron chi connectivity index (χ1n) is 5.20. The fourth-order valence-corrected chi connectivity index (χ4v) is 1.41. The van der Waals surface area contributed by atoms with Crippen LogP contribution in [0, 0.1) is 11.3 Å². The Morgan fingerprint density at radius 1 is 1.28 bits per heavy atom. The number of methoxy groups -OCH3 is 1. The van der Waals surface area contributed by atoms with E-state index in [0.717, 1.165) is 0 Å². The number of nitrogens with zero attached hydrogens (tertiary/aromatic N) is 2. The summed E-state index contributed by atoms with van der Waals surface area (Å²) in [6.07, 6.45) is 1.44. The zero-order valence-electron chi connectivity index (χ0n) is 9.75. The minimum atomic E-state index is 0.222. The van der Waals surface area contributed by atoms with Crippen LogP contribution in [0.15, 0.2) is 36.5 Å². The first-order valence-corrected chi connectivity index (χ1v) is 5.20. The van der Waals surface area contributed by atoms with E-state index in [1.807, 2.05) is 6.07 Å². The average molecular weight is 241 g/mol. The lowest BCUT2D eigenvalue weighted by atomic mass is 10.2. The van der Waals surface area contributed by atoms with Gasteiger partial charge in [0.1, 0.15) is 23.1 Å². The molecule has 0 aliphatic heterocycles. The Hall–Kier alpha value is -2.74. The van der Waals surface area contributed by atoms with E-state index < -0.39 is 0 Å². The smallest absolute Gasteiger partial charge is 0.237 e. The van der Waals surface area contributed by atoms with Gasteiger partial charge in [0.25, 0.3) is 0 Å². The van der Waals surface area contributed by atoms with Crippen LogP contribution in [0.4, 0.5) is 5.69 Å². The Morgan fingerprint density at radius 3 is 2.78 bits per heavy atom. The third-order valence-electron chi connectivity index (χ3n) is 2.25. The molecule has 0 aliphatic rings. The fraction of sp³-hybridized carbons (Fsp3) is 0.0769. The highest BCUT2D eigenvalue weighted by atomic mass is 16.5. The Kier molecular flexibility index (Phi) is 3.30. The Morgan fingerprint density at radius 2 is 2.06 bits per heavy atom. The van der Waals surface area contributed by atoms with Crippen LogP contribution in [0.5, 0.6) is 17.4 Å². The predicted molar refractivity (Wildman–Crippen MR) is 66.4 cm³/mol. The first-order chi connectivity index (χ1) is 8.72. The molecule has 0 saturated carbocycles. The number of nitriles is 1. The Labute approximate surface area is 104 Å².